The van der Waals surface area contributed by atoms with E-state index in [4.69, 9.17) is 14.2 Å². The Balaban J connectivity index is 1.56. The van der Waals surface area contributed by atoms with Crippen molar-refractivity contribution in [3.63, 3.8) is 0 Å². The van der Waals surface area contributed by atoms with Gasteiger partial charge in [0.1, 0.15) is 17.4 Å². The van der Waals surface area contributed by atoms with Gasteiger partial charge in [-0.1, -0.05) is 0 Å². The molecule has 0 bridgehead atoms. The number of carbonyl (C=O) groups excluding carboxylic acids is 3. The Morgan fingerprint density at radius 1 is 1.09 bits per heavy atom. The van der Waals surface area contributed by atoms with E-state index >= 15 is 0 Å². The minimum atomic E-state index is -4.84. The van der Waals surface area contributed by atoms with Gasteiger partial charge in [0.05, 0.1) is 14.2 Å². The number of fused-ring (bicyclic) bond motifs is 1. The number of likely N-dealkylation sites (tertiary alicyclic amines) is 1. The van der Waals surface area contributed by atoms with Gasteiger partial charge >= 0.3 is 12.3 Å². The molecule has 0 saturated carbocycles. The molecule has 9 nitrogen and oxygen atoms in total. The van der Waals surface area contributed by atoms with E-state index in [1.165, 1.54) is 31.3 Å². The lowest BCUT2D eigenvalue weighted by molar-refractivity contribution is -0.274. The van der Waals surface area contributed by atoms with Crippen LogP contribution in [0.4, 0.5) is 18.9 Å². The van der Waals surface area contributed by atoms with Crippen LogP contribution in [-0.4, -0.2) is 49.3 Å². The Morgan fingerprint density at radius 2 is 1.79 bits per heavy atom. The molecule has 2 atom stereocenters. The molecule has 2 aliphatic rings. The highest BCUT2D eigenvalue weighted by atomic mass is 19.4. The predicted octanol–water partition coefficient (Wildman–Crippen LogP) is 3.40. The minimum Gasteiger partial charge on any atom is -0.493 e. The van der Waals surface area contributed by atoms with Crippen LogP contribution >= 0.6 is 0 Å². The second-order valence-corrected chi connectivity index (χ2v) is 7.44. The molecular formula is C22H19F3N2O7. The largest absolute Gasteiger partial charge is 0.573 e. The molecule has 2 aromatic rings. The monoisotopic (exact) mass is 480 g/mol. The maximum absolute atomic E-state index is 13.0. The summed E-state index contributed by atoms with van der Waals surface area (Å²) in [6.07, 6.45) is -5.77. The first kappa shape index (κ1) is 23.2. The normalized spacial score (nSPS) is 19.5. The Bertz CT molecular complexity index is 1130. The number of cyclic esters (lactones) is 1. The molecule has 0 unspecified atom stereocenters. The average Bonchev–Trinajstić information content (AvgIpc) is 3.33. The van der Waals surface area contributed by atoms with Crippen LogP contribution < -0.4 is 19.5 Å². The molecule has 4 rings (SSSR count). The standard InChI is InChI=1S/C22H19F3N2O7/c1-31-15-9-7-13-17(18(15)32-2)21(30)33-20(13)27-14(8-10-16(27)28)19(29)26-11-3-5-12(6-4-11)34-22(23,24)25/h3-7,9,14,20H,8,10H2,1-2H3,(H,26,29)/t14-,20+/m1/s1. The molecule has 1 N–H and O–H groups in total. The zero-order chi connectivity index (χ0) is 24.6. The molecule has 0 aromatic heterocycles. The first-order valence-corrected chi connectivity index (χ1v) is 10.1. The lowest BCUT2D eigenvalue weighted by Gasteiger charge is -2.29. The van der Waals surface area contributed by atoms with Crippen molar-refractivity contribution in [3.8, 4) is 17.2 Å². The maximum atomic E-state index is 13.0. The molecule has 12 heteroatoms. The lowest BCUT2D eigenvalue weighted by atomic mass is 10.1. The fourth-order valence-corrected chi connectivity index (χ4v) is 4.01. The van der Waals surface area contributed by atoms with Crippen molar-refractivity contribution in [1.82, 2.24) is 4.90 Å². The van der Waals surface area contributed by atoms with Gasteiger partial charge in [0.25, 0.3) is 0 Å². The van der Waals surface area contributed by atoms with Gasteiger partial charge in [-0.25, -0.2) is 4.79 Å². The summed E-state index contributed by atoms with van der Waals surface area (Å²) >= 11 is 0. The predicted molar refractivity (Wildman–Crippen MR) is 109 cm³/mol. The third-order valence-corrected chi connectivity index (χ3v) is 5.43. The highest BCUT2D eigenvalue weighted by Gasteiger charge is 2.47. The van der Waals surface area contributed by atoms with Gasteiger partial charge < -0.3 is 24.3 Å². The lowest BCUT2D eigenvalue weighted by Crippen LogP contribution is -2.43. The number of alkyl halides is 3. The van der Waals surface area contributed by atoms with E-state index in [2.05, 4.69) is 10.1 Å². The number of hydrogen-bond donors (Lipinski definition) is 1. The van der Waals surface area contributed by atoms with E-state index in [1.807, 2.05) is 0 Å². The summed E-state index contributed by atoms with van der Waals surface area (Å²) in [5.74, 6) is -1.69. The minimum absolute atomic E-state index is 0.0487. The molecule has 1 saturated heterocycles. The van der Waals surface area contributed by atoms with Crippen LogP contribution in [0.2, 0.25) is 0 Å². The van der Waals surface area contributed by atoms with E-state index in [-0.39, 0.29) is 29.8 Å². The fraction of sp³-hybridized carbons (Fsp3) is 0.318. The van der Waals surface area contributed by atoms with Crippen LogP contribution in [0.5, 0.6) is 17.2 Å². The van der Waals surface area contributed by atoms with Gasteiger partial charge in [-0.15, -0.1) is 13.2 Å². The zero-order valence-electron chi connectivity index (χ0n) is 18.0. The summed E-state index contributed by atoms with van der Waals surface area (Å²) < 4.78 is 56.7. The van der Waals surface area contributed by atoms with E-state index in [0.717, 1.165) is 12.1 Å². The fourth-order valence-electron chi connectivity index (χ4n) is 4.01. The Morgan fingerprint density at radius 3 is 2.41 bits per heavy atom. The number of methoxy groups -OCH3 is 2. The van der Waals surface area contributed by atoms with E-state index in [9.17, 15) is 27.6 Å². The number of benzene rings is 2. The summed E-state index contributed by atoms with van der Waals surface area (Å²) in [5.41, 5.74) is 0.657. The van der Waals surface area contributed by atoms with Gasteiger partial charge in [-0.2, -0.15) is 0 Å². The third-order valence-electron chi connectivity index (χ3n) is 5.43. The number of rotatable bonds is 6. The second-order valence-electron chi connectivity index (χ2n) is 7.44. The van der Waals surface area contributed by atoms with Gasteiger partial charge in [-0.3, -0.25) is 14.5 Å². The van der Waals surface area contributed by atoms with Crippen LogP contribution in [0.3, 0.4) is 0 Å². The van der Waals surface area contributed by atoms with E-state index in [0.29, 0.717) is 11.3 Å². The molecule has 0 spiro atoms. The van der Waals surface area contributed by atoms with Crippen molar-refractivity contribution in [2.45, 2.75) is 31.5 Å². The molecule has 1 fully saturated rings. The van der Waals surface area contributed by atoms with Gasteiger partial charge in [0.2, 0.25) is 18.0 Å². The highest BCUT2D eigenvalue weighted by molar-refractivity contribution is 6.01. The molecule has 180 valence electrons. The summed E-state index contributed by atoms with van der Waals surface area (Å²) in [5, 5.41) is 2.57. The number of amides is 2. The number of nitrogens with zero attached hydrogens (tertiary/aromatic N) is 1. The van der Waals surface area contributed by atoms with Crippen LogP contribution in [0.25, 0.3) is 0 Å². The van der Waals surface area contributed by atoms with Crippen LogP contribution in [0.1, 0.15) is 35.0 Å². The molecule has 2 aliphatic heterocycles. The van der Waals surface area contributed by atoms with Gasteiger partial charge in [0, 0.05) is 17.7 Å². The smallest absolute Gasteiger partial charge is 0.493 e. The maximum Gasteiger partial charge on any atom is 0.573 e. The molecule has 0 radical (unpaired) electrons. The van der Waals surface area contributed by atoms with Crippen molar-refractivity contribution in [3.05, 3.63) is 47.5 Å². The Kier molecular flexibility index (Phi) is 5.98. The number of halogens is 3. The molecule has 2 heterocycles. The van der Waals surface area contributed by atoms with Crippen molar-refractivity contribution in [2.75, 3.05) is 19.5 Å². The number of carbonyl (C=O) groups is 3. The van der Waals surface area contributed by atoms with E-state index in [1.54, 1.807) is 12.1 Å². The Labute approximate surface area is 191 Å². The quantitative estimate of drug-likeness (QED) is 0.632. The molecule has 2 amide bonds. The third kappa shape index (κ3) is 4.30. The topological polar surface area (TPSA) is 103 Å². The number of ether oxygens (including phenoxy) is 4. The van der Waals surface area contributed by atoms with Gasteiger partial charge in [0.15, 0.2) is 11.5 Å². The summed E-state index contributed by atoms with van der Waals surface area (Å²) in [6, 6.07) is 6.73. The van der Waals surface area contributed by atoms with Gasteiger partial charge in [-0.05, 0) is 42.8 Å². The van der Waals surface area contributed by atoms with Crippen molar-refractivity contribution in [2.24, 2.45) is 0 Å². The number of esters is 1. The molecule has 34 heavy (non-hydrogen) atoms. The Hall–Kier alpha value is -3.96. The van der Waals surface area contributed by atoms with Crippen molar-refractivity contribution >= 4 is 23.5 Å². The van der Waals surface area contributed by atoms with Crippen LogP contribution in [-0.2, 0) is 14.3 Å². The SMILES string of the molecule is COc1ccc2c(c1OC)C(=O)O[C@@H]2N1C(=O)CC[C@@H]1C(=O)Nc1ccc(OC(F)(F)F)cc1. The molecule has 0 aliphatic carbocycles. The number of anilines is 1. The average molecular weight is 480 g/mol. The van der Waals surface area contributed by atoms with E-state index < -0.39 is 42.2 Å². The first-order valence-electron chi connectivity index (χ1n) is 10.1. The highest BCUT2D eigenvalue weighted by Crippen LogP contribution is 2.45. The summed E-state index contributed by atoms with van der Waals surface area (Å²) in [7, 11) is 2.77. The summed E-state index contributed by atoms with van der Waals surface area (Å²) in [6.45, 7) is 0. The number of nitrogens with one attached hydrogen (secondary N) is 1. The van der Waals surface area contributed by atoms with Crippen LogP contribution in [0, 0.1) is 0 Å². The van der Waals surface area contributed by atoms with Crippen molar-refractivity contribution in [1.29, 1.82) is 0 Å². The summed E-state index contributed by atoms with van der Waals surface area (Å²) in [4.78, 5) is 39.4. The number of hydrogen-bond acceptors (Lipinski definition) is 7. The second kappa shape index (κ2) is 8.76. The van der Waals surface area contributed by atoms with Crippen molar-refractivity contribution < 1.29 is 46.5 Å². The first-order chi connectivity index (χ1) is 16.1. The molecular weight excluding hydrogens is 461 g/mol. The zero-order valence-corrected chi connectivity index (χ0v) is 18.0. The molecule has 2 aromatic carbocycles. The van der Waals surface area contributed by atoms with Crippen LogP contribution in [0.15, 0.2) is 36.4 Å².